The molecule has 7 heteroatoms. The Morgan fingerprint density at radius 3 is 2.35 bits per heavy atom. The first-order valence-electron chi connectivity index (χ1n) is 7.74. The van der Waals surface area contributed by atoms with Gasteiger partial charge in [0, 0.05) is 25.9 Å². The van der Waals surface area contributed by atoms with Gasteiger partial charge in [-0.05, 0) is 32.0 Å². The predicted molar refractivity (Wildman–Crippen MR) is 89.0 cm³/mol. The summed E-state index contributed by atoms with van der Waals surface area (Å²) in [5.74, 6) is 0.0614. The molecule has 1 aliphatic heterocycles. The standard InChI is InChI=1S/C16H24N2O4S/c1-12-5-4-6-13(2)16(12)22-14-7-9-18(10-8-14)15(19)11-23(20,21)17-3/h4-6,14,17H,7-11H2,1-3H3. The molecule has 23 heavy (non-hydrogen) atoms. The molecule has 0 unspecified atom stereocenters. The normalized spacial score (nSPS) is 16.4. The molecular formula is C16H24N2O4S. The highest BCUT2D eigenvalue weighted by Crippen LogP contribution is 2.26. The summed E-state index contributed by atoms with van der Waals surface area (Å²) in [6, 6.07) is 6.04. The summed E-state index contributed by atoms with van der Waals surface area (Å²) >= 11 is 0. The summed E-state index contributed by atoms with van der Waals surface area (Å²) in [5, 5.41) is 0. The van der Waals surface area contributed by atoms with Crippen LogP contribution in [0.1, 0.15) is 24.0 Å². The van der Waals surface area contributed by atoms with E-state index in [9.17, 15) is 13.2 Å². The van der Waals surface area contributed by atoms with E-state index in [1.54, 1.807) is 4.90 Å². The summed E-state index contributed by atoms with van der Waals surface area (Å²) in [6.07, 6.45) is 1.47. The molecule has 6 nitrogen and oxygen atoms in total. The smallest absolute Gasteiger partial charge is 0.239 e. The zero-order valence-corrected chi connectivity index (χ0v) is 14.6. The van der Waals surface area contributed by atoms with E-state index < -0.39 is 15.8 Å². The molecule has 128 valence electrons. The van der Waals surface area contributed by atoms with Crippen molar-refractivity contribution >= 4 is 15.9 Å². The first-order chi connectivity index (χ1) is 10.8. The molecule has 1 fully saturated rings. The second kappa shape index (κ2) is 7.31. The number of para-hydroxylation sites is 1. The first-order valence-corrected chi connectivity index (χ1v) is 9.39. The lowest BCUT2D eigenvalue weighted by atomic mass is 10.1. The average molecular weight is 340 g/mol. The van der Waals surface area contributed by atoms with Crippen molar-refractivity contribution in [1.82, 2.24) is 9.62 Å². The van der Waals surface area contributed by atoms with E-state index in [0.29, 0.717) is 25.9 Å². The Morgan fingerprint density at radius 1 is 1.26 bits per heavy atom. The number of amides is 1. The van der Waals surface area contributed by atoms with Gasteiger partial charge in [-0.1, -0.05) is 18.2 Å². The molecule has 1 aliphatic rings. The van der Waals surface area contributed by atoms with E-state index in [1.807, 2.05) is 32.0 Å². The van der Waals surface area contributed by atoms with E-state index in [2.05, 4.69) is 4.72 Å². The number of piperidine rings is 1. The quantitative estimate of drug-likeness (QED) is 0.874. The monoisotopic (exact) mass is 340 g/mol. The zero-order valence-electron chi connectivity index (χ0n) is 13.8. The molecule has 0 spiro atoms. The number of benzene rings is 1. The first kappa shape index (κ1) is 17.7. The number of rotatable bonds is 5. The lowest BCUT2D eigenvalue weighted by Crippen LogP contribution is -2.45. The van der Waals surface area contributed by atoms with Crippen molar-refractivity contribution in [2.45, 2.75) is 32.8 Å². The number of nitrogens with zero attached hydrogens (tertiary/aromatic N) is 1. The van der Waals surface area contributed by atoms with Gasteiger partial charge in [0.1, 0.15) is 17.6 Å². The van der Waals surface area contributed by atoms with Gasteiger partial charge in [-0.3, -0.25) is 4.79 Å². The van der Waals surface area contributed by atoms with Gasteiger partial charge in [-0.25, -0.2) is 13.1 Å². The van der Waals surface area contributed by atoms with Crippen LogP contribution >= 0.6 is 0 Å². The summed E-state index contributed by atoms with van der Waals surface area (Å²) in [7, 11) is -2.20. The summed E-state index contributed by atoms with van der Waals surface area (Å²) in [4.78, 5) is 13.6. The second-order valence-electron chi connectivity index (χ2n) is 5.88. The van der Waals surface area contributed by atoms with Crippen LogP contribution in [0.3, 0.4) is 0 Å². The third kappa shape index (κ3) is 4.68. The zero-order chi connectivity index (χ0) is 17.0. The maximum absolute atomic E-state index is 12.0. The Balaban J connectivity index is 1.90. The number of likely N-dealkylation sites (tertiary alicyclic amines) is 1. The Labute approximate surface area is 137 Å². The third-order valence-electron chi connectivity index (χ3n) is 4.11. The van der Waals surface area contributed by atoms with Crippen LogP contribution < -0.4 is 9.46 Å². The number of hydrogen-bond donors (Lipinski definition) is 1. The van der Waals surface area contributed by atoms with Gasteiger partial charge in [-0.15, -0.1) is 0 Å². The van der Waals surface area contributed by atoms with Crippen LogP contribution in [0, 0.1) is 13.8 Å². The van der Waals surface area contributed by atoms with Crippen LogP contribution in [-0.2, 0) is 14.8 Å². The van der Waals surface area contributed by atoms with Gasteiger partial charge in [-0.2, -0.15) is 0 Å². The van der Waals surface area contributed by atoms with Gasteiger partial charge in [0.15, 0.2) is 0 Å². The van der Waals surface area contributed by atoms with Crippen LogP contribution in [-0.4, -0.2) is 51.2 Å². The molecule has 1 aromatic carbocycles. The van der Waals surface area contributed by atoms with Crippen LogP contribution in [0.25, 0.3) is 0 Å². The van der Waals surface area contributed by atoms with Gasteiger partial charge in [0.25, 0.3) is 0 Å². The van der Waals surface area contributed by atoms with Gasteiger partial charge in [0.2, 0.25) is 15.9 Å². The molecule has 0 aliphatic carbocycles. The van der Waals surface area contributed by atoms with Crippen LogP contribution in [0.5, 0.6) is 5.75 Å². The maximum Gasteiger partial charge on any atom is 0.239 e. The average Bonchev–Trinajstić information content (AvgIpc) is 2.51. The molecule has 1 aromatic rings. The SMILES string of the molecule is CNS(=O)(=O)CC(=O)N1CCC(Oc2c(C)cccc2C)CC1. The van der Waals surface area contributed by atoms with Gasteiger partial charge in [0.05, 0.1) is 0 Å². The summed E-state index contributed by atoms with van der Waals surface area (Å²) < 4.78 is 31.2. The Bertz CT molecular complexity index is 644. The topological polar surface area (TPSA) is 75.7 Å². The van der Waals surface area contributed by atoms with Crippen molar-refractivity contribution < 1.29 is 17.9 Å². The minimum Gasteiger partial charge on any atom is -0.490 e. The fourth-order valence-corrected chi connectivity index (χ4v) is 3.35. The van der Waals surface area contributed by atoms with Gasteiger partial charge >= 0.3 is 0 Å². The molecule has 1 amide bonds. The fraction of sp³-hybridized carbons (Fsp3) is 0.562. The number of carbonyl (C=O) groups is 1. The molecule has 0 saturated carbocycles. The van der Waals surface area contributed by atoms with E-state index in [-0.39, 0.29) is 12.0 Å². The lowest BCUT2D eigenvalue weighted by Gasteiger charge is -2.32. The number of hydrogen-bond acceptors (Lipinski definition) is 4. The number of ether oxygens (including phenoxy) is 1. The molecule has 1 N–H and O–H groups in total. The molecule has 2 rings (SSSR count). The third-order valence-corrected chi connectivity index (χ3v) is 5.36. The fourth-order valence-electron chi connectivity index (χ4n) is 2.70. The molecule has 0 aromatic heterocycles. The summed E-state index contributed by atoms with van der Waals surface area (Å²) in [5.41, 5.74) is 2.20. The molecule has 0 radical (unpaired) electrons. The molecule has 1 heterocycles. The van der Waals surface area contributed by atoms with E-state index >= 15 is 0 Å². The highest BCUT2D eigenvalue weighted by molar-refractivity contribution is 7.90. The van der Waals surface area contributed by atoms with Crippen molar-refractivity contribution in [3.8, 4) is 5.75 Å². The van der Waals surface area contributed by atoms with Crippen LogP contribution in [0.2, 0.25) is 0 Å². The molecule has 1 saturated heterocycles. The van der Waals surface area contributed by atoms with E-state index in [4.69, 9.17) is 4.74 Å². The maximum atomic E-state index is 12.0. The minimum absolute atomic E-state index is 0.0553. The van der Waals surface area contributed by atoms with E-state index in [0.717, 1.165) is 16.9 Å². The Morgan fingerprint density at radius 2 is 1.83 bits per heavy atom. The number of nitrogens with one attached hydrogen (secondary N) is 1. The molecular weight excluding hydrogens is 316 g/mol. The number of carbonyl (C=O) groups excluding carboxylic acids is 1. The lowest BCUT2D eigenvalue weighted by molar-refractivity contribution is -0.130. The Kier molecular flexibility index (Phi) is 5.64. The van der Waals surface area contributed by atoms with Crippen molar-refractivity contribution in [2.24, 2.45) is 0 Å². The largest absolute Gasteiger partial charge is 0.490 e. The highest BCUT2D eigenvalue weighted by atomic mass is 32.2. The van der Waals surface area contributed by atoms with E-state index in [1.165, 1.54) is 7.05 Å². The van der Waals surface area contributed by atoms with Gasteiger partial charge < -0.3 is 9.64 Å². The minimum atomic E-state index is -3.51. The highest BCUT2D eigenvalue weighted by Gasteiger charge is 2.27. The Hall–Kier alpha value is -1.60. The molecule has 0 atom stereocenters. The number of aryl methyl sites for hydroxylation is 2. The van der Waals surface area contributed by atoms with Crippen LogP contribution in [0.15, 0.2) is 18.2 Å². The van der Waals surface area contributed by atoms with Crippen molar-refractivity contribution in [2.75, 3.05) is 25.9 Å². The van der Waals surface area contributed by atoms with Crippen LogP contribution in [0.4, 0.5) is 0 Å². The number of sulfonamides is 1. The summed E-state index contributed by atoms with van der Waals surface area (Å²) in [6.45, 7) is 5.08. The van der Waals surface area contributed by atoms with Crippen molar-refractivity contribution in [3.63, 3.8) is 0 Å². The van der Waals surface area contributed by atoms with Crippen molar-refractivity contribution in [1.29, 1.82) is 0 Å². The predicted octanol–water partition coefficient (Wildman–Crippen LogP) is 1.22. The van der Waals surface area contributed by atoms with Crippen molar-refractivity contribution in [3.05, 3.63) is 29.3 Å². The second-order valence-corrected chi connectivity index (χ2v) is 7.81. The molecule has 0 bridgehead atoms.